The third-order valence-electron chi connectivity index (χ3n) is 3.76. The highest BCUT2D eigenvalue weighted by Crippen LogP contribution is 2.28. The van der Waals surface area contributed by atoms with E-state index in [0.717, 1.165) is 36.3 Å². The highest BCUT2D eigenvalue weighted by molar-refractivity contribution is 5.91. The van der Waals surface area contributed by atoms with Crippen LogP contribution in [0, 0.1) is 6.92 Å². The summed E-state index contributed by atoms with van der Waals surface area (Å²) in [5.41, 5.74) is 3.03. The van der Waals surface area contributed by atoms with E-state index < -0.39 is 0 Å². The summed E-state index contributed by atoms with van der Waals surface area (Å²) in [6.45, 7) is 8.29. The van der Waals surface area contributed by atoms with Crippen LogP contribution in [0.1, 0.15) is 31.4 Å². The van der Waals surface area contributed by atoms with E-state index in [4.69, 9.17) is 9.47 Å². The van der Waals surface area contributed by atoms with Gasteiger partial charge in [-0.15, -0.1) is 0 Å². The van der Waals surface area contributed by atoms with Crippen molar-refractivity contribution in [2.45, 2.75) is 33.7 Å². The third kappa shape index (κ3) is 6.41. The Kier molecular flexibility index (Phi) is 7.96. The first-order valence-electron chi connectivity index (χ1n) is 9.08. The van der Waals surface area contributed by atoms with Crippen LogP contribution in [0.15, 0.2) is 42.5 Å². The molecule has 0 saturated heterocycles. The van der Waals surface area contributed by atoms with E-state index in [1.54, 1.807) is 0 Å². The van der Waals surface area contributed by atoms with E-state index in [-0.39, 0.29) is 12.5 Å². The van der Waals surface area contributed by atoms with Gasteiger partial charge in [-0.3, -0.25) is 4.79 Å². The van der Waals surface area contributed by atoms with E-state index in [0.29, 0.717) is 18.1 Å². The molecule has 2 aromatic rings. The molecular weight excluding hydrogens is 328 g/mol. The molecule has 0 fully saturated rings. The first-order valence-corrected chi connectivity index (χ1v) is 9.08. The van der Waals surface area contributed by atoms with Crippen LogP contribution >= 0.6 is 0 Å². The Balaban J connectivity index is 1.94. The smallest absolute Gasteiger partial charge is 0.262 e. The van der Waals surface area contributed by atoms with Crippen LogP contribution in [-0.4, -0.2) is 25.7 Å². The van der Waals surface area contributed by atoms with Crippen molar-refractivity contribution in [1.82, 2.24) is 5.32 Å². The van der Waals surface area contributed by atoms with Crippen molar-refractivity contribution in [3.05, 3.63) is 53.6 Å². The predicted octanol–water partition coefficient (Wildman–Crippen LogP) is 3.91. The molecule has 0 aliphatic rings. The zero-order valence-electron chi connectivity index (χ0n) is 15.8. The SMILES string of the molecule is CCCNCc1ccc(OCC(=O)Nc2ccc(C)cc2)c(OCC)c1. The minimum absolute atomic E-state index is 0.0681. The van der Waals surface area contributed by atoms with Gasteiger partial charge in [0.25, 0.3) is 5.91 Å². The summed E-state index contributed by atoms with van der Waals surface area (Å²) in [6.07, 6.45) is 1.09. The molecule has 0 saturated carbocycles. The summed E-state index contributed by atoms with van der Waals surface area (Å²) in [5, 5.41) is 6.18. The average Bonchev–Trinajstić information content (AvgIpc) is 2.63. The quantitative estimate of drug-likeness (QED) is 0.634. The van der Waals surface area contributed by atoms with Crippen molar-refractivity contribution < 1.29 is 14.3 Å². The van der Waals surface area contributed by atoms with E-state index in [9.17, 15) is 4.79 Å². The van der Waals surface area contributed by atoms with Crippen LogP contribution in [0.3, 0.4) is 0 Å². The van der Waals surface area contributed by atoms with Gasteiger partial charge in [-0.25, -0.2) is 0 Å². The Morgan fingerprint density at radius 3 is 2.46 bits per heavy atom. The van der Waals surface area contributed by atoms with Crippen molar-refractivity contribution >= 4 is 11.6 Å². The summed E-state index contributed by atoms with van der Waals surface area (Å²) in [4.78, 5) is 12.1. The van der Waals surface area contributed by atoms with Crippen molar-refractivity contribution in [2.75, 3.05) is 25.1 Å². The van der Waals surface area contributed by atoms with E-state index in [1.165, 1.54) is 0 Å². The van der Waals surface area contributed by atoms with Crippen LogP contribution in [0.4, 0.5) is 5.69 Å². The summed E-state index contributed by atoms with van der Waals surface area (Å²) < 4.78 is 11.3. The maximum Gasteiger partial charge on any atom is 0.262 e. The van der Waals surface area contributed by atoms with E-state index in [2.05, 4.69) is 17.6 Å². The summed E-state index contributed by atoms with van der Waals surface area (Å²) in [7, 11) is 0. The molecule has 0 atom stereocenters. The van der Waals surface area contributed by atoms with Gasteiger partial charge in [0.1, 0.15) is 0 Å². The van der Waals surface area contributed by atoms with Crippen LogP contribution < -0.4 is 20.1 Å². The topological polar surface area (TPSA) is 59.6 Å². The van der Waals surface area contributed by atoms with Crippen molar-refractivity contribution in [3.63, 3.8) is 0 Å². The number of aryl methyl sites for hydroxylation is 1. The summed E-state index contributed by atoms with van der Waals surface area (Å²) in [5.74, 6) is 1.03. The second-order valence-electron chi connectivity index (χ2n) is 6.09. The average molecular weight is 356 g/mol. The van der Waals surface area contributed by atoms with Gasteiger partial charge in [0, 0.05) is 12.2 Å². The van der Waals surface area contributed by atoms with Crippen molar-refractivity contribution in [1.29, 1.82) is 0 Å². The van der Waals surface area contributed by atoms with Crippen LogP contribution in [0.2, 0.25) is 0 Å². The monoisotopic (exact) mass is 356 g/mol. The molecule has 0 unspecified atom stereocenters. The highest BCUT2D eigenvalue weighted by Gasteiger charge is 2.09. The van der Waals surface area contributed by atoms with E-state index >= 15 is 0 Å². The van der Waals surface area contributed by atoms with Gasteiger partial charge in [-0.1, -0.05) is 30.7 Å². The number of ether oxygens (including phenoxy) is 2. The molecule has 0 aliphatic carbocycles. The first-order chi connectivity index (χ1) is 12.6. The number of amides is 1. The number of hydrogen-bond donors (Lipinski definition) is 2. The van der Waals surface area contributed by atoms with Gasteiger partial charge in [0.15, 0.2) is 18.1 Å². The van der Waals surface area contributed by atoms with Gasteiger partial charge >= 0.3 is 0 Å². The van der Waals surface area contributed by atoms with Crippen molar-refractivity contribution in [2.24, 2.45) is 0 Å². The fourth-order valence-electron chi connectivity index (χ4n) is 2.44. The fraction of sp³-hybridized carbons (Fsp3) is 0.381. The molecule has 0 radical (unpaired) electrons. The Morgan fingerprint density at radius 1 is 1.00 bits per heavy atom. The van der Waals surface area contributed by atoms with E-state index in [1.807, 2.05) is 56.3 Å². The Morgan fingerprint density at radius 2 is 1.77 bits per heavy atom. The van der Waals surface area contributed by atoms with Gasteiger partial charge in [0.2, 0.25) is 0 Å². The molecule has 2 aromatic carbocycles. The largest absolute Gasteiger partial charge is 0.490 e. The number of benzene rings is 2. The lowest BCUT2D eigenvalue weighted by molar-refractivity contribution is -0.118. The zero-order valence-corrected chi connectivity index (χ0v) is 15.8. The Bertz CT molecular complexity index is 699. The lowest BCUT2D eigenvalue weighted by Crippen LogP contribution is -2.20. The normalized spacial score (nSPS) is 10.4. The number of nitrogens with one attached hydrogen (secondary N) is 2. The predicted molar refractivity (Wildman–Crippen MR) is 105 cm³/mol. The molecule has 2 rings (SSSR count). The zero-order chi connectivity index (χ0) is 18.8. The summed E-state index contributed by atoms with van der Waals surface area (Å²) >= 11 is 0. The second-order valence-corrected chi connectivity index (χ2v) is 6.09. The van der Waals surface area contributed by atoms with Gasteiger partial charge in [0.05, 0.1) is 6.61 Å². The standard InChI is InChI=1S/C21H28N2O3/c1-4-12-22-14-17-8-11-19(20(13-17)25-5-2)26-15-21(24)23-18-9-6-16(3)7-10-18/h6-11,13,22H,4-5,12,14-15H2,1-3H3,(H,23,24). The highest BCUT2D eigenvalue weighted by atomic mass is 16.5. The lowest BCUT2D eigenvalue weighted by atomic mass is 10.2. The third-order valence-corrected chi connectivity index (χ3v) is 3.76. The minimum atomic E-state index is -0.204. The minimum Gasteiger partial charge on any atom is -0.490 e. The maximum atomic E-state index is 12.1. The summed E-state index contributed by atoms with van der Waals surface area (Å²) in [6, 6.07) is 13.4. The molecule has 0 aromatic heterocycles. The fourth-order valence-corrected chi connectivity index (χ4v) is 2.44. The molecule has 140 valence electrons. The molecule has 0 bridgehead atoms. The lowest BCUT2D eigenvalue weighted by Gasteiger charge is -2.14. The van der Waals surface area contributed by atoms with Crippen molar-refractivity contribution in [3.8, 4) is 11.5 Å². The molecule has 5 heteroatoms. The number of rotatable bonds is 10. The molecule has 0 heterocycles. The van der Waals surface area contributed by atoms with Crippen LogP contribution in [0.5, 0.6) is 11.5 Å². The van der Waals surface area contributed by atoms with Gasteiger partial charge < -0.3 is 20.1 Å². The molecule has 5 nitrogen and oxygen atoms in total. The number of anilines is 1. The molecule has 1 amide bonds. The first kappa shape index (κ1) is 19.8. The maximum absolute atomic E-state index is 12.1. The molecule has 26 heavy (non-hydrogen) atoms. The number of carbonyl (C=O) groups excluding carboxylic acids is 1. The molecular formula is C21H28N2O3. The van der Waals surface area contributed by atoms with Gasteiger partial charge in [-0.2, -0.15) is 0 Å². The van der Waals surface area contributed by atoms with Gasteiger partial charge in [-0.05, 0) is 56.6 Å². The molecule has 0 aliphatic heterocycles. The Hall–Kier alpha value is -2.53. The Labute approximate surface area is 155 Å². The van der Waals surface area contributed by atoms with Crippen LogP contribution in [0.25, 0.3) is 0 Å². The molecule has 2 N–H and O–H groups in total. The number of hydrogen-bond acceptors (Lipinski definition) is 4. The number of carbonyl (C=O) groups is 1. The second kappa shape index (κ2) is 10.5. The van der Waals surface area contributed by atoms with Crippen LogP contribution in [-0.2, 0) is 11.3 Å². The molecule has 0 spiro atoms.